The number of methoxy groups -OCH3 is 1. The van der Waals surface area contributed by atoms with E-state index in [2.05, 4.69) is 4.98 Å². The van der Waals surface area contributed by atoms with Gasteiger partial charge in [0.25, 0.3) is 5.56 Å². The number of aromatic amines is 1. The summed E-state index contributed by atoms with van der Waals surface area (Å²) in [5.41, 5.74) is 2.51. The normalized spacial score (nSPS) is 11.3. The number of nitrogens with one attached hydrogen (secondary N) is 1. The number of fused-ring (bicyclic) bond motifs is 2. The maximum absolute atomic E-state index is 12.8. The molecular weight excluding hydrogens is 332 g/mol. The Bertz CT molecular complexity index is 1230. The fourth-order valence-electron chi connectivity index (χ4n) is 3.30. The Balaban J connectivity index is 1.69. The summed E-state index contributed by atoms with van der Waals surface area (Å²) in [4.78, 5) is 27.5. The van der Waals surface area contributed by atoms with E-state index in [0.29, 0.717) is 29.5 Å². The Morgan fingerprint density at radius 2 is 2.04 bits per heavy atom. The maximum Gasteiger partial charge on any atom is 0.336 e. The Morgan fingerprint density at radius 3 is 2.85 bits per heavy atom. The first-order valence-electron chi connectivity index (χ1n) is 8.35. The summed E-state index contributed by atoms with van der Waals surface area (Å²) in [5.74, 6) is 0.798. The number of aryl methyl sites for hydroxylation is 3. The molecule has 0 fully saturated rings. The summed E-state index contributed by atoms with van der Waals surface area (Å²) < 4.78 is 12.1. The van der Waals surface area contributed by atoms with Gasteiger partial charge in [0.2, 0.25) is 0 Å². The molecule has 1 N–H and O–H groups in total. The first kappa shape index (κ1) is 16.2. The first-order chi connectivity index (χ1) is 12.6. The van der Waals surface area contributed by atoms with Gasteiger partial charge in [-0.15, -0.1) is 0 Å². The standard InChI is InChI=1S/C20H18N2O4/c1-12-9-18(23)26-17-6-8-22(20(24)19(12)17)7-5-13-11-21-16-4-3-14(25-2)10-15(13)16/h3-4,6,8-11,21H,5,7H2,1-2H3. The number of nitrogens with zero attached hydrogens (tertiary/aromatic N) is 1. The Kier molecular flexibility index (Phi) is 3.88. The molecule has 4 aromatic rings. The van der Waals surface area contributed by atoms with Crippen molar-refractivity contribution in [2.24, 2.45) is 0 Å². The van der Waals surface area contributed by atoms with E-state index in [1.807, 2.05) is 24.4 Å². The lowest BCUT2D eigenvalue weighted by molar-refractivity contribution is 0.415. The smallest absolute Gasteiger partial charge is 0.336 e. The van der Waals surface area contributed by atoms with Crippen molar-refractivity contribution in [2.75, 3.05) is 7.11 Å². The van der Waals surface area contributed by atoms with Crippen LogP contribution in [0.15, 0.2) is 56.7 Å². The minimum atomic E-state index is -0.445. The van der Waals surface area contributed by atoms with Crippen molar-refractivity contribution in [3.05, 3.63) is 74.6 Å². The third-order valence-electron chi connectivity index (χ3n) is 4.66. The third kappa shape index (κ3) is 2.69. The number of hydrogen-bond donors (Lipinski definition) is 1. The van der Waals surface area contributed by atoms with Gasteiger partial charge in [0.15, 0.2) is 0 Å². The predicted molar refractivity (Wildman–Crippen MR) is 100 cm³/mol. The predicted octanol–water partition coefficient (Wildman–Crippen LogP) is 3.00. The topological polar surface area (TPSA) is 77.2 Å². The second kappa shape index (κ2) is 6.22. The van der Waals surface area contributed by atoms with E-state index < -0.39 is 5.63 Å². The number of hydrogen-bond acceptors (Lipinski definition) is 4. The first-order valence-corrected chi connectivity index (χ1v) is 8.35. The van der Waals surface area contributed by atoms with Gasteiger partial charge in [-0.25, -0.2) is 4.79 Å². The van der Waals surface area contributed by atoms with Crippen molar-refractivity contribution < 1.29 is 9.15 Å². The number of benzene rings is 1. The van der Waals surface area contributed by atoms with Crippen LogP contribution in [-0.2, 0) is 13.0 Å². The molecule has 0 saturated carbocycles. The second-order valence-corrected chi connectivity index (χ2v) is 6.28. The zero-order valence-electron chi connectivity index (χ0n) is 14.5. The average Bonchev–Trinajstić information content (AvgIpc) is 3.02. The van der Waals surface area contributed by atoms with E-state index >= 15 is 0 Å². The van der Waals surface area contributed by atoms with Crippen LogP contribution in [0.2, 0.25) is 0 Å². The van der Waals surface area contributed by atoms with Crippen molar-refractivity contribution in [3.8, 4) is 5.75 Å². The van der Waals surface area contributed by atoms with Crippen LogP contribution in [0.5, 0.6) is 5.75 Å². The van der Waals surface area contributed by atoms with Crippen molar-refractivity contribution in [1.29, 1.82) is 0 Å². The molecule has 0 radical (unpaired) electrons. The van der Waals surface area contributed by atoms with E-state index in [4.69, 9.17) is 9.15 Å². The van der Waals surface area contributed by atoms with Gasteiger partial charge in [0, 0.05) is 35.9 Å². The van der Waals surface area contributed by atoms with E-state index in [-0.39, 0.29) is 5.56 Å². The summed E-state index contributed by atoms with van der Waals surface area (Å²) in [6, 6.07) is 8.89. The maximum atomic E-state index is 12.8. The van der Waals surface area contributed by atoms with Gasteiger partial charge in [-0.1, -0.05) is 0 Å². The summed E-state index contributed by atoms with van der Waals surface area (Å²) >= 11 is 0. The quantitative estimate of drug-likeness (QED) is 0.614. The molecule has 0 bridgehead atoms. The minimum Gasteiger partial charge on any atom is -0.497 e. The number of aromatic nitrogens is 2. The number of ether oxygens (including phenoxy) is 1. The highest BCUT2D eigenvalue weighted by atomic mass is 16.5. The highest BCUT2D eigenvalue weighted by Crippen LogP contribution is 2.24. The van der Waals surface area contributed by atoms with Crippen LogP contribution in [-0.4, -0.2) is 16.7 Å². The molecule has 3 heterocycles. The fourth-order valence-corrected chi connectivity index (χ4v) is 3.30. The van der Waals surface area contributed by atoms with Crippen LogP contribution >= 0.6 is 0 Å². The van der Waals surface area contributed by atoms with Crippen molar-refractivity contribution >= 4 is 21.9 Å². The van der Waals surface area contributed by atoms with Crippen LogP contribution in [0.4, 0.5) is 0 Å². The van der Waals surface area contributed by atoms with Crippen molar-refractivity contribution in [1.82, 2.24) is 9.55 Å². The lowest BCUT2D eigenvalue weighted by Gasteiger charge is -2.08. The van der Waals surface area contributed by atoms with Crippen molar-refractivity contribution in [3.63, 3.8) is 0 Å². The molecule has 1 aromatic carbocycles. The molecule has 0 aliphatic rings. The van der Waals surface area contributed by atoms with Gasteiger partial charge in [0.05, 0.1) is 12.5 Å². The molecule has 0 saturated heterocycles. The van der Waals surface area contributed by atoms with E-state index in [1.165, 1.54) is 6.07 Å². The largest absolute Gasteiger partial charge is 0.497 e. The third-order valence-corrected chi connectivity index (χ3v) is 4.66. The Labute approximate surface area is 148 Å². The zero-order chi connectivity index (χ0) is 18.3. The summed E-state index contributed by atoms with van der Waals surface area (Å²) in [6.07, 6.45) is 4.32. The molecule has 132 valence electrons. The van der Waals surface area contributed by atoms with Gasteiger partial charge in [-0.2, -0.15) is 0 Å². The molecule has 0 amide bonds. The monoisotopic (exact) mass is 350 g/mol. The molecule has 0 unspecified atom stereocenters. The lowest BCUT2D eigenvalue weighted by atomic mass is 10.1. The average molecular weight is 350 g/mol. The van der Waals surface area contributed by atoms with Gasteiger partial charge in [-0.3, -0.25) is 4.79 Å². The molecule has 6 heteroatoms. The number of pyridine rings is 1. The molecule has 0 spiro atoms. The summed E-state index contributed by atoms with van der Waals surface area (Å²) in [6.45, 7) is 2.27. The van der Waals surface area contributed by atoms with Gasteiger partial charge in [-0.05, 0) is 48.7 Å². The molecule has 0 atom stereocenters. The van der Waals surface area contributed by atoms with Gasteiger partial charge >= 0.3 is 5.63 Å². The minimum absolute atomic E-state index is 0.152. The van der Waals surface area contributed by atoms with Gasteiger partial charge in [0.1, 0.15) is 11.3 Å². The van der Waals surface area contributed by atoms with Crippen LogP contribution in [0.25, 0.3) is 21.9 Å². The van der Waals surface area contributed by atoms with E-state index in [0.717, 1.165) is 22.2 Å². The SMILES string of the molecule is COc1ccc2[nH]cc(CCn3ccc4oc(=O)cc(C)c4c3=O)c2c1. The van der Waals surface area contributed by atoms with Crippen LogP contribution in [0, 0.1) is 6.92 Å². The van der Waals surface area contributed by atoms with Crippen LogP contribution in [0.3, 0.4) is 0 Å². The molecule has 4 rings (SSSR count). The van der Waals surface area contributed by atoms with Crippen LogP contribution in [0.1, 0.15) is 11.1 Å². The molecule has 26 heavy (non-hydrogen) atoms. The molecular formula is C20H18N2O4. The molecule has 6 nitrogen and oxygen atoms in total. The number of H-pyrrole nitrogens is 1. The highest BCUT2D eigenvalue weighted by Gasteiger charge is 2.10. The zero-order valence-corrected chi connectivity index (χ0v) is 14.5. The Hall–Kier alpha value is -3.28. The molecule has 0 aliphatic heterocycles. The van der Waals surface area contributed by atoms with E-state index in [1.54, 1.807) is 30.9 Å². The Morgan fingerprint density at radius 1 is 1.19 bits per heavy atom. The van der Waals surface area contributed by atoms with Crippen molar-refractivity contribution in [2.45, 2.75) is 19.9 Å². The summed E-state index contributed by atoms with van der Waals surface area (Å²) in [5, 5.41) is 1.54. The summed E-state index contributed by atoms with van der Waals surface area (Å²) in [7, 11) is 1.64. The fraction of sp³-hybridized carbons (Fsp3) is 0.200. The molecule has 3 aromatic heterocycles. The van der Waals surface area contributed by atoms with E-state index in [9.17, 15) is 9.59 Å². The lowest BCUT2D eigenvalue weighted by Crippen LogP contribution is -2.22. The molecule has 0 aliphatic carbocycles. The van der Waals surface area contributed by atoms with Crippen LogP contribution < -0.4 is 15.9 Å². The highest BCUT2D eigenvalue weighted by molar-refractivity contribution is 5.84. The number of rotatable bonds is 4. The second-order valence-electron chi connectivity index (χ2n) is 6.28. The van der Waals surface area contributed by atoms with Gasteiger partial charge < -0.3 is 18.7 Å².